The van der Waals surface area contributed by atoms with Crippen LogP contribution in [-0.4, -0.2) is 35.1 Å². The maximum absolute atomic E-state index is 13.5. The lowest BCUT2D eigenvalue weighted by Crippen LogP contribution is -2.42. The Kier molecular flexibility index (Phi) is 7.07. The number of anilines is 1. The minimum Gasteiger partial charge on any atom is -0.497 e. The van der Waals surface area contributed by atoms with E-state index in [0.717, 1.165) is 40.4 Å². The highest BCUT2D eigenvalue weighted by Crippen LogP contribution is 2.32. The van der Waals surface area contributed by atoms with Crippen molar-refractivity contribution in [3.05, 3.63) is 83.9 Å². The van der Waals surface area contributed by atoms with E-state index in [1.54, 1.807) is 56.7 Å². The highest BCUT2D eigenvalue weighted by molar-refractivity contribution is 7.92. The number of nitrogens with one attached hydrogen (secondary N) is 1. The molecule has 1 amide bonds. The minimum atomic E-state index is -3.96. The molecule has 178 valence electrons. The quantitative estimate of drug-likeness (QED) is 0.525. The molecule has 0 radical (unpaired) electrons. The number of hydrogen-bond acceptors (Lipinski definition) is 5. The zero-order valence-corrected chi connectivity index (χ0v) is 20.0. The van der Waals surface area contributed by atoms with Crippen molar-refractivity contribution in [2.45, 2.75) is 30.2 Å². The van der Waals surface area contributed by atoms with Crippen molar-refractivity contribution in [1.82, 2.24) is 5.32 Å². The topological polar surface area (TPSA) is 84.9 Å². The molecule has 34 heavy (non-hydrogen) atoms. The van der Waals surface area contributed by atoms with E-state index in [-0.39, 0.29) is 23.4 Å². The van der Waals surface area contributed by atoms with Crippen LogP contribution in [0.25, 0.3) is 0 Å². The Bertz CT molecular complexity index is 1240. The molecule has 7 nitrogen and oxygen atoms in total. The summed E-state index contributed by atoms with van der Waals surface area (Å²) in [5.74, 6) is 1.01. The van der Waals surface area contributed by atoms with Crippen LogP contribution in [0.3, 0.4) is 0 Å². The Morgan fingerprint density at radius 1 is 0.971 bits per heavy atom. The lowest BCUT2D eigenvalue weighted by atomic mass is 9.87. The predicted molar refractivity (Wildman–Crippen MR) is 131 cm³/mol. The Balaban J connectivity index is 1.60. The maximum Gasteiger partial charge on any atom is 0.264 e. The summed E-state index contributed by atoms with van der Waals surface area (Å²) in [6, 6.07) is 20.4. The normalized spacial score (nSPS) is 15.2. The second kappa shape index (κ2) is 10.2. The fourth-order valence-corrected chi connectivity index (χ4v) is 5.66. The van der Waals surface area contributed by atoms with E-state index in [9.17, 15) is 13.2 Å². The number of benzene rings is 3. The number of amides is 1. The molecule has 1 atom stereocenters. The van der Waals surface area contributed by atoms with Gasteiger partial charge in [0, 0.05) is 0 Å². The van der Waals surface area contributed by atoms with Crippen LogP contribution >= 0.6 is 0 Å². The van der Waals surface area contributed by atoms with Crippen molar-refractivity contribution in [2.24, 2.45) is 0 Å². The largest absolute Gasteiger partial charge is 0.497 e. The number of aryl methyl sites for hydroxylation is 1. The highest BCUT2D eigenvalue weighted by Gasteiger charge is 2.29. The van der Waals surface area contributed by atoms with Crippen LogP contribution in [0.5, 0.6) is 11.5 Å². The van der Waals surface area contributed by atoms with Crippen molar-refractivity contribution < 1.29 is 22.7 Å². The molecule has 0 aromatic heterocycles. The van der Waals surface area contributed by atoms with Crippen molar-refractivity contribution in [3.8, 4) is 11.5 Å². The molecule has 1 unspecified atom stereocenters. The smallest absolute Gasteiger partial charge is 0.264 e. The zero-order valence-electron chi connectivity index (χ0n) is 19.2. The maximum atomic E-state index is 13.5. The van der Waals surface area contributed by atoms with Gasteiger partial charge in [-0.05, 0) is 78.9 Å². The summed E-state index contributed by atoms with van der Waals surface area (Å²) >= 11 is 0. The van der Waals surface area contributed by atoms with Gasteiger partial charge in [-0.25, -0.2) is 8.42 Å². The van der Waals surface area contributed by atoms with E-state index in [1.165, 1.54) is 12.1 Å². The van der Waals surface area contributed by atoms with E-state index < -0.39 is 10.0 Å². The molecule has 4 rings (SSSR count). The van der Waals surface area contributed by atoms with Crippen LogP contribution in [0.1, 0.15) is 30.0 Å². The fraction of sp³-hybridized carbons (Fsp3) is 0.269. The van der Waals surface area contributed by atoms with Crippen molar-refractivity contribution in [1.29, 1.82) is 0 Å². The van der Waals surface area contributed by atoms with Gasteiger partial charge in [-0.1, -0.05) is 24.3 Å². The van der Waals surface area contributed by atoms with Crippen LogP contribution in [-0.2, 0) is 21.2 Å². The van der Waals surface area contributed by atoms with E-state index in [0.29, 0.717) is 11.4 Å². The summed E-state index contributed by atoms with van der Waals surface area (Å²) in [7, 11) is -0.794. The molecule has 0 spiro atoms. The third-order valence-corrected chi connectivity index (χ3v) is 7.77. The van der Waals surface area contributed by atoms with Gasteiger partial charge in [0.1, 0.15) is 18.0 Å². The Labute approximate surface area is 200 Å². The van der Waals surface area contributed by atoms with Gasteiger partial charge in [0.25, 0.3) is 10.0 Å². The molecule has 0 saturated carbocycles. The molecule has 0 aliphatic heterocycles. The summed E-state index contributed by atoms with van der Waals surface area (Å²) in [6.07, 6.45) is 2.63. The molecule has 3 aromatic carbocycles. The number of rotatable bonds is 8. The fourth-order valence-electron chi connectivity index (χ4n) is 4.22. The van der Waals surface area contributed by atoms with Gasteiger partial charge in [-0.3, -0.25) is 9.10 Å². The number of ether oxygens (including phenoxy) is 2. The van der Waals surface area contributed by atoms with E-state index in [4.69, 9.17) is 9.47 Å². The first kappa shape index (κ1) is 23.6. The number of carbonyl (C=O) groups excluding carboxylic acids is 1. The standard InChI is InChI=1S/C26H28N2O5S/c1-32-21-13-11-20(12-14-21)28(34(30,31)23-8-4-3-5-9-23)18-26(29)27-25-10-6-7-19-17-22(33-2)15-16-24(19)25/h3-5,8-9,11-17,25H,6-7,10,18H2,1-2H3,(H,27,29). The third-order valence-electron chi connectivity index (χ3n) is 5.98. The highest BCUT2D eigenvalue weighted by atomic mass is 32.2. The SMILES string of the molecule is COc1ccc(N(CC(=O)NC2CCCc3cc(OC)ccc32)S(=O)(=O)c2ccccc2)cc1. The van der Waals surface area contributed by atoms with Gasteiger partial charge in [-0.15, -0.1) is 0 Å². The monoisotopic (exact) mass is 480 g/mol. The Hall–Kier alpha value is -3.52. The summed E-state index contributed by atoms with van der Waals surface area (Å²) in [6.45, 7) is -0.342. The first-order valence-electron chi connectivity index (χ1n) is 11.1. The molecule has 0 heterocycles. The number of carbonyl (C=O) groups is 1. The van der Waals surface area contributed by atoms with E-state index in [1.807, 2.05) is 18.2 Å². The van der Waals surface area contributed by atoms with E-state index in [2.05, 4.69) is 5.32 Å². The van der Waals surface area contributed by atoms with Crippen LogP contribution in [0.2, 0.25) is 0 Å². The summed E-state index contributed by atoms with van der Waals surface area (Å²) in [5, 5.41) is 3.05. The van der Waals surface area contributed by atoms with Crippen molar-refractivity contribution >= 4 is 21.6 Å². The lowest BCUT2D eigenvalue weighted by Gasteiger charge is -2.29. The number of sulfonamides is 1. The Morgan fingerprint density at radius 2 is 1.65 bits per heavy atom. The first-order valence-corrected chi connectivity index (χ1v) is 12.5. The van der Waals surface area contributed by atoms with Crippen LogP contribution in [0.4, 0.5) is 5.69 Å². The molecular formula is C26H28N2O5S. The predicted octanol–water partition coefficient (Wildman–Crippen LogP) is 4.09. The van der Waals surface area contributed by atoms with Crippen LogP contribution < -0.4 is 19.1 Å². The molecule has 8 heteroatoms. The number of methoxy groups -OCH3 is 2. The van der Waals surface area contributed by atoms with Gasteiger partial charge >= 0.3 is 0 Å². The zero-order chi connectivity index (χ0) is 24.1. The second-order valence-corrected chi connectivity index (χ2v) is 9.96. The molecule has 1 aliphatic rings. The lowest BCUT2D eigenvalue weighted by molar-refractivity contribution is -0.120. The number of fused-ring (bicyclic) bond motifs is 1. The second-order valence-electron chi connectivity index (χ2n) is 8.10. The van der Waals surface area contributed by atoms with Crippen molar-refractivity contribution in [3.63, 3.8) is 0 Å². The summed E-state index contributed by atoms with van der Waals surface area (Å²) < 4.78 is 38.6. The average Bonchev–Trinajstić information content (AvgIpc) is 2.87. The van der Waals surface area contributed by atoms with Gasteiger partial charge < -0.3 is 14.8 Å². The molecular weight excluding hydrogens is 452 g/mol. The molecule has 3 aromatic rings. The summed E-state index contributed by atoms with van der Waals surface area (Å²) in [4.78, 5) is 13.3. The number of hydrogen-bond donors (Lipinski definition) is 1. The van der Waals surface area contributed by atoms with Crippen molar-refractivity contribution in [2.75, 3.05) is 25.1 Å². The number of nitrogens with zero attached hydrogens (tertiary/aromatic N) is 1. The summed E-state index contributed by atoms with van der Waals surface area (Å²) in [5.41, 5.74) is 2.57. The Morgan fingerprint density at radius 3 is 2.32 bits per heavy atom. The molecule has 0 saturated heterocycles. The van der Waals surface area contributed by atoms with Gasteiger partial charge in [0.2, 0.25) is 5.91 Å². The van der Waals surface area contributed by atoms with Crippen LogP contribution in [0.15, 0.2) is 77.7 Å². The van der Waals surface area contributed by atoms with Gasteiger partial charge in [0.15, 0.2) is 0 Å². The molecule has 1 aliphatic carbocycles. The van der Waals surface area contributed by atoms with E-state index >= 15 is 0 Å². The van der Waals surface area contributed by atoms with Gasteiger partial charge in [-0.2, -0.15) is 0 Å². The average molecular weight is 481 g/mol. The van der Waals surface area contributed by atoms with Crippen LogP contribution in [0, 0.1) is 0 Å². The minimum absolute atomic E-state index is 0.119. The molecule has 1 N–H and O–H groups in total. The molecule has 0 fully saturated rings. The van der Waals surface area contributed by atoms with Gasteiger partial charge in [0.05, 0.1) is 30.8 Å². The molecule has 0 bridgehead atoms. The third kappa shape index (κ3) is 5.02. The first-order chi connectivity index (χ1) is 16.4.